The van der Waals surface area contributed by atoms with Crippen molar-refractivity contribution in [2.45, 2.75) is 39.0 Å². The molecule has 1 rings (SSSR count). The van der Waals surface area contributed by atoms with Crippen LogP contribution in [0.4, 0.5) is 0 Å². The summed E-state index contributed by atoms with van der Waals surface area (Å²) < 4.78 is 4.69. The number of rotatable bonds is 5. The average molecular weight is 263 g/mol. The van der Waals surface area contributed by atoms with Crippen LogP contribution in [0.25, 0.3) is 0 Å². The molecule has 0 atom stereocenters. The van der Waals surface area contributed by atoms with Crippen LogP contribution in [0.5, 0.6) is 0 Å². The predicted molar refractivity (Wildman–Crippen MR) is 73.6 cm³/mol. The van der Waals surface area contributed by atoms with Gasteiger partial charge < -0.3 is 10.5 Å². The average Bonchev–Trinajstić information content (AvgIpc) is 2.33. The fourth-order valence-corrected chi connectivity index (χ4v) is 1.64. The highest BCUT2D eigenvalue weighted by Gasteiger charge is 2.13. The minimum Gasteiger partial charge on any atom is -0.456 e. The summed E-state index contributed by atoms with van der Waals surface area (Å²) in [5.41, 5.74) is 7.34. The number of carbonyl (C=O) groups excluding carboxylic acids is 2. The van der Waals surface area contributed by atoms with Crippen molar-refractivity contribution in [3.05, 3.63) is 35.4 Å². The Morgan fingerprint density at radius 3 is 2.21 bits per heavy atom. The lowest BCUT2D eigenvalue weighted by atomic mass is 9.86. The lowest BCUT2D eigenvalue weighted by Crippen LogP contribution is -2.21. The summed E-state index contributed by atoms with van der Waals surface area (Å²) in [6, 6.07) is 8.18. The molecule has 1 aromatic carbocycles. The summed E-state index contributed by atoms with van der Waals surface area (Å²) >= 11 is 0. The van der Waals surface area contributed by atoms with Gasteiger partial charge in [-0.2, -0.15) is 0 Å². The Hall–Kier alpha value is -1.84. The van der Waals surface area contributed by atoms with Crippen LogP contribution < -0.4 is 5.73 Å². The van der Waals surface area contributed by atoms with Gasteiger partial charge in [-0.25, -0.2) is 0 Å². The van der Waals surface area contributed by atoms with Crippen molar-refractivity contribution in [1.29, 1.82) is 0 Å². The van der Waals surface area contributed by atoms with Crippen LogP contribution in [0, 0.1) is 0 Å². The Bertz CT molecular complexity index is 443. The van der Waals surface area contributed by atoms with Crippen molar-refractivity contribution < 1.29 is 14.3 Å². The number of hydrogen-bond donors (Lipinski definition) is 1. The second kappa shape index (κ2) is 6.36. The Morgan fingerprint density at radius 1 is 1.16 bits per heavy atom. The third-order valence-electron chi connectivity index (χ3n) is 2.81. The van der Waals surface area contributed by atoms with Gasteiger partial charge in [-0.1, -0.05) is 45.0 Å². The summed E-state index contributed by atoms with van der Waals surface area (Å²) in [6.07, 6.45) is 0.851. The van der Waals surface area contributed by atoms with Gasteiger partial charge in [-0.15, -0.1) is 0 Å². The van der Waals surface area contributed by atoms with E-state index in [0.29, 0.717) is 6.42 Å². The van der Waals surface area contributed by atoms with Crippen LogP contribution in [0.2, 0.25) is 0 Å². The summed E-state index contributed by atoms with van der Waals surface area (Å²) in [4.78, 5) is 21.8. The van der Waals surface area contributed by atoms with Gasteiger partial charge in [0.1, 0.15) is 0 Å². The molecule has 1 amide bonds. The Balaban J connectivity index is 2.46. The van der Waals surface area contributed by atoms with Gasteiger partial charge in [0.05, 0.1) is 0 Å². The van der Waals surface area contributed by atoms with E-state index < -0.39 is 11.9 Å². The monoisotopic (exact) mass is 263 g/mol. The zero-order valence-electron chi connectivity index (χ0n) is 11.7. The molecule has 0 saturated heterocycles. The maximum Gasteiger partial charge on any atom is 0.306 e. The van der Waals surface area contributed by atoms with Gasteiger partial charge in [0.15, 0.2) is 6.61 Å². The van der Waals surface area contributed by atoms with Crippen LogP contribution in [0.15, 0.2) is 24.3 Å². The van der Waals surface area contributed by atoms with E-state index in [1.807, 2.05) is 12.1 Å². The molecular formula is C15H21NO3. The molecule has 2 N–H and O–H groups in total. The second-order valence-electron chi connectivity index (χ2n) is 5.57. The smallest absolute Gasteiger partial charge is 0.306 e. The molecule has 0 aliphatic carbocycles. The van der Waals surface area contributed by atoms with E-state index in [2.05, 4.69) is 37.6 Å². The summed E-state index contributed by atoms with van der Waals surface area (Å²) in [6.45, 7) is 6.12. The molecule has 0 fully saturated rings. The predicted octanol–water partition coefficient (Wildman–Crippen LogP) is 1.95. The molecule has 0 aliphatic rings. The van der Waals surface area contributed by atoms with Crippen molar-refractivity contribution in [1.82, 2.24) is 0 Å². The number of benzene rings is 1. The van der Waals surface area contributed by atoms with Crippen LogP contribution in [-0.4, -0.2) is 18.5 Å². The summed E-state index contributed by atoms with van der Waals surface area (Å²) in [7, 11) is 0. The number of carbonyl (C=O) groups is 2. The molecule has 104 valence electrons. The van der Waals surface area contributed by atoms with E-state index in [1.54, 1.807) is 0 Å². The molecule has 0 aromatic heterocycles. The van der Waals surface area contributed by atoms with E-state index in [-0.39, 0.29) is 18.4 Å². The minimum atomic E-state index is -0.636. The first-order valence-electron chi connectivity index (χ1n) is 6.32. The molecule has 0 radical (unpaired) electrons. The third kappa shape index (κ3) is 5.55. The molecule has 4 heteroatoms. The maximum atomic E-state index is 11.3. The van der Waals surface area contributed by atoms with E-state index in [9.17, 15) is 9.59 Å². The SMILES string of the molecule is CC(C)(C)c1ccc(CCC(=O)OCC(N)=O)cc1. The zero-order valence-corrected chi connectivity index (χ0v) is 11.7. The molecule has 1 aromatic rings. The number of esters is 1. The highest BCUT2D eigenvalue weighted by Crippen LogP contribution is 2.22. The molecule has 0 heterocycles. The third-order valence-corrected chi connectivity index (χ3v) is 2.81. The number of amides is 1. The molecule has 0 spiro atoms. The van der Waals surface area contributed by atoms with Gasteiger partial charge in [0.2, 0.25) is 0 Å². The first-order chi connectivity index (χ1) is 8.79. The number of aryl methyl sites for hydroxylation is 1. The summed E-state index contributed by atoms with van der Waals surface area (Å²) in [5, 5.41) is 0. The first kappa shape index (κ1) is 15.2. The number of primary amides is 1. The number of ether oxygens (including phenoxy) is 1. The first-order valence-corrected chi connectivity index (χ1v) is 6.32. The molecule has 0 bridgehead atoms. The summed E-state index contributed by atoms with van der Waals surface area (Å²) in [5.74, 6) is -1.04. The lowest BCUT2D eigenvalue weighted by Gasteiger charge is -2.19. The number of hydrogen-bond acceptors (Lipinski definition) is 3. The van der Waals surface area contributed by atoms with E-state index in [4.69, 9.17) is 5.73 Å². The van der Waals surface area contributed by atoms with Crippen LogP contribution in [0.1, 0.15) is 38.3 Å². The van der Waals surface area contributed by atoms with Gasteiger partial charge >= 0.3 is 5.97 Å². The largest absolute Gasteiger partial charge is 0.456 e. The fraction of sp³-hybridized carbons (Fsp3) is 0.467. The van der Waals surface area contributed by atoms with Crippen molar-refractivity contribution in [2.24, 2.45) is 5.73 Å². The molecule has 0 saturated carbocycles. The van der Waals surface area contributed by atoms with Gasteiger partial charge in [0.25, 0.3) is 5.91 Å². The highest BCUT2D eigenvalue weighted by molar-refractivity contribution is 5.79. The molecule has 4 nitrogen and oxygen atoms in total. The Morgan fingerprint density at radius 2 is 1.74 bits per heavy atom. The van der Waals surface area contributed by atoms with Crippen molar-refractivity contribution in [3.63, 3.8) is 0 Å². The standard InChI is InChI=1S/C15H21NO3/c1-15(2,3)12-7-4-11(5-8-12)6-9-14(18)19-10-13(16)17/h4-5,7-8H,6,9-10H2,1-3H3,(H2,16,17). The quantitative estimate of drug-likeness (QED) is 0.825. The van der Waals surface area contributed by atoms with Crippen molar-refractivity contribution in [3.8, 4) is 0 Å². The fourth-order valence-electron chi connectivity index (χ4n) is 1.64. The van der Waals surface area contributed by atoms with E-state index >= 15 is 0 Å². The minimum absolute atomic E-state index is 0.124. The Kier molecular flexibility index (Phi) is 5.10. The van der Waals surface area contributed by atoms with Crippen molar-refractivity contribution >= 4 is 11.9 Å². The molecule has 0 aliphatic heterocycles. The maximum absolute atomic E-state index is 11.3. The van der Waals surface area contributed by atoms with E-state index in [1.165, 1.54) is 5.56 Å². The normalized spacial score (nSPS) is 11.1. The Labute approximate surface area is 113 Å². The van der Waals surface area contributed by atoms with Crippen LogP contribution in [0.3, 0.4) is 0 Å². The van der Waals surface area contributed by atoms with Crippen LogP contribution >= 0.6 is 0 Å². The van der Waals surface area contributed by atoms with Gasteiger partial charge in [-0.05, 0) is 23.0 Å². The van der Waals surface area contributed by atoms with Crippen molar-refractivity contribution in [2.75, 3.05) is 6.61 Å². The zero-order chi connectivity index (χ0) is 14.5. The second-order valence-corrected chi connectivity index (χ2v) is 5.57. The topological polar surface area (TPSA) is 69.4 Å². The lowest BCUT2D eigenvalue weighted by molar-refractivity contribution is -0.147. The molecule has 0 unspecified atom stereocenters. The van der Waals surface area contributed by atoms with Crippen LogP contribution in [-0.2, 0) is 26.2 Å². The van der Waals surface area contributed by atoms with E-state index in [0.717, 1.165) is 5.56 Å². The molecule has 19 heavy (non-hydrogen) atoms. The number of nitrogens with two attached hydrogens (primary N) is 1. The van der Waals surface area contributed by atoms with Gasteiger partial charge in [-0.3, -0.25) is 9.59 Å². The highest BCUT2D eigenvalue weighted by atomic mass is 16.5. The molecular weight excluding hydrogens is 242 g/mol. The van der Waals surface area contributed by atoms with Gasteiger partial charge in [0, 0.05) is 6.42 Å².